The van der Waals surface area contributed by atoms with E-state index in [-0.39, 0.29) is 12.4 Å². The Labute approximate surface area is 79.9 Å². The number of nitrogens with zero attached hydrogens (tertiary/aromatic N) is 1. The molecule has 0 unspecified atom stereocenters. The Morgan fingerprint density at radius 1 is 1.58 bits per heavy atom. The predicted octanol–water partition coefficient (Wildman–Crippen LogP) is -3.46. The van der Waals surface area contributed by atoms with Crippen LogP contribution in [0.3, 0.4) is 0 Å². The lowest BCUT2D eigenvalue weighted by Gasteiger charge is -2.12. The summed E-state index contributed by atoms with van der Waals surface area (Å²) in [7, 11) is 0. The van der Waals surface area contributed by atoms with Crippen LogP contribution in [-0.2, 0) is 4.79 Å². The van der Waals surface area contributed by atoms with Crippen LogP contribution in [0.15, 0.2) is 0 Å². The summed E-state index contributed by atoms with van der Waals surface area (Å²) >= 11 is 0. The van der Waals surface area contributed by atoms with Gasteiger partial charge in [-0.1, -0.05) is 6.92 Å². The third kappa shape index (κ3) is 3.41. The Balaban J connectivity index is 0.00000121. The molecular weight excluding hydrogens is 176 g/mol. The lowest BCUT2D eigenvalue weighted by molar-refractivity contribution is -0.668. The molecule has 72 valence electrons. The van der Waals surface area contributed by atoms with Gasteiger partial charge in [0.1, 0.15) is 0 Å². The van der Waals surface area contributed by atoms with Gasteiger partial charge in [-0.05, 0) is 12.8 Å². The smallest absolute Gasteiger partial charge is 0.226 e. The molecule has 0 aromatic rings. The minimum absolute atomic E-state index is 0. The highest BCUT2D eigenvalue weighted by atomic mass is 35.5. The van der Waals surface area contributed by atoms with E-state index < -0.39 is 0 Å². The van der Waals surface area contributed by atoms with Crippen molar-refractivity contribution in [2.75, 3.05) is 19.8 Å². The highest BCUT2D eigenvalue weighted by molar-refractivity contribution is 5.77. The van der Waals surface area contributed by atoms with Crippen molar-refractivity contribution in [3.05, 3.63) is 0 Å². The second kappa shape index (κ2) is 6.26. The van der Waals surface area contributed by atoms with Crippen LogP contribution in [0.1, 0.15) is 26.2 Å². The van der Waals surface area contributed by atoms with Crippen molar-refractivity contribution >= 4 is 5.91 Å². The van der Waals surface area contributed by atoms with E-state index in [1.165, 1.54) is 6.42 Å². The Kier molecular flexibility index (Phi) is 6.11. The van der Waals surface area contributed by atoms with Gasteiger partial charge in [-0.25, -0.2) is 0 Å². The zero-order chi connectivity index (χ0) is 8.10. The van der Waals surface area contributed by atoms with E-state index in [1.807, 2.05) is 4.90 Å². The van der Waals surface area contributed by atoms with E-state index in [2.05, 4.69) is 12.2 Å². The van der Waals surface area contributed by atoms with Crippen molar-refractivity contribution in [2.24, 2.45) is 0 Å². The van der Waals surface area contributed by atoms with Gasteiger partial charge in [-0.15, -0.1) is 0 Å². The SMILES string of the molecule is CCC[NH2+]CN1CCCC1=O.[Cl-]. The first-order chi connectivity index (χ1) is 5.34. The molecule has 0 aromatic carbocycles. The van der Waals surface area contributed by atoms with Gasteiger partial charge in [0.2, 0.25) is 5.91 Å². The van der Waals surface area contributed by atoms with Gasteiger partial charge in [0.25, 0.3) is 0 Å². The standard InChI is InChI=1S/C8H16N2O.ClH/c1-2-5-9-7-10-6-3-4-8(10)11;/h9H,2-7H2,1H3;1H. The van der Waals surface area contributed by atoms with Crippen molar-refractivity contribution < 1.29 is 22.5 Å². The van der Waals surface area contributed by atoms with Crippen molar-refractivity contribution in [1.82, 2.24) is 4.90 Å². The number of amides is 1. The fourth-order valence-corrected chi connectivity index (χ4v) is 1.35. The van der Waals surface area contributed by atoms with E-state index in [9.17, 15) is 4.79 Å². The average molecular weight is 193 g/mol. The van der Waals surface area contributed by atoms with E-state index >= 15 is 0 Å². The predicted molar refractivity (Wildman–Crippen MR) is 42.9 cm³/mol. The average Bonchev–Trinajstić information content (AvgIpc) is 2.37. The van der Waals surface area contributed by atoms with Crippen LogP contribution in [0.4, 0.5) is 0 Å². The lowest BCUT2D eigenvalue weighted by Crippen LogP contribution is -3.00. The van der Waals surface area contributed by atoms with Gasteiger partial charge in [0.15, 0.2) is 6.67 Å². The van der Waals surface area contributed by atoms with E-state index in [4.69, 9.17) is 0 Å². The molecule has 0 aliphatic carbocycles. The first-order valence-electron chi connectivity index (χ1n) is 4.44. The fraction of sp³-hybridized carbons (Fsp3) is 0.875. The molecule has 1 fully saturated rings. The topological polar surface area (TPSA) is 36.9 Å². The van der Waals surface area contributed by atoms with Crippen molar-refractivity contribution in [1.29, 1.82) is 0 Å². The molecular formula is C8H17ClN2O. The molecule has 4 heteroatoms. The number of likely N-dealkylation sites (tertiary alicyclic amines) is 1. The maximum Gasteiger partial charge on any atom is 0.226 e. The molecule has 1 saturated heterocycles. The summed E-state index contributed by atoms with van der Waals surface area (Å²) in [6.45, 7) is 5.12. The van der Waals surface area contributed by atoms with Crippen LogP contribution >= 0.6 is 0 Å². The summed E-state index contributed by atoms with van der Waals surface area (Å²) in [5.74, 6) is 0.331. The fourth-order valence-electron chi connectivity index (χ4n) is 1.35. The molecule has 1 amide bonds. The summed E-state index contributed by atoms with van der Waals surface area (Å²) in [5.41, 5.74) is 0. The zero-order valence-electron chi connectivity index (χ0n) is 7.55. The summed E-state index contributed by atoms with van der Waals surface area (Å²) in [6.07, 6.45) is 3.00. The normalized spacial score (nSPS) is 16.4. The molecule has 12 heavy (non-hydrogen) atoms. The molecule has 0 bridgehead atoms. The van der Waals surface area contributed by atoms with Gasteiger partial charge in [-0.2, -0.15) is 0 Å². The number of carbonyl (C=O) groups excluding carboxylic acids is 1. The van der Waals surface area contributed by atoms with Crippen LogP contribution in [0, 0.1) is 0 Å². The van der Waals surface area contributed by atoms with Crippen molar-refractivity contribution in [3.63, 3.8) is 0 Å². The second-order valence-electron chi connectivity index (χ2n) is 3.02. The first kappa shape index (κ1) is 11.7. The Bertz CT molecular complexity index is 141. The van der Waals surface area contributed by atoms with Crippen LogP contribution in [0.5, 0.6) is 0 Å². The maximum absolute atomic E-state index is 11.1. The van der Waals surface area contributed by atoms with Crippen LogP contribution < -0.4 is 17.7 Å². The van der Waals surface area contributed by atoms with E-state index in [1.54, 1.807) is 0 Å². The third-order valence-electron chi connectivity index (χ3n) is 2.01. The molecule has 0 aromatic heterocycles. The minimum atomic E-state index is 0. The van der Waals surface area contributed by atoms with Crippen molar-refractivity contribution in [2.45, 2.75) is 26.2 Å². The van der Waals surface area contributed by atoms with Gasteiger partial charge >= 0.3 is 0 Å². The Morgan fingerprint density at radius 3 is 2.83 bits per heavy atom. The second-order valence-corrected chi connectivity index (χ2v) is 3.02. The number of halogens is 1. The molecule has 0 radical (unpaired) electrons. The minimum Gasteiger partial charge on any atom is -1.00 e. The summed E-state index contributed by atoms with van der Waals surface area (Å²) in [5, 5.41) is 2.20. The monoisotopic (exact) mass is 192 g/mol. The van der Waals surface area contributed by atoms with Crippen molar-refractivity contribution in [3.8, 4) is 0 Å². The molecule has 1 rings (SSSR count). The van der Waals surface area contributed by atoms with Crippen LogP contribution in [0.25, 0.3) is 0 Å². The number of hydrogen-bond donors (Lipinski definition) is 1. The largest absolute Gasteiger partial charge is 1.00 e. The summed E-state index contributed by atoms with van der Waals surface area (Å²) < 4.78 is 0. The molecule has 2 N–H and O–H groups in total. The lowest BCUT2D eigenvalue weighted by atomic mass is 10.4. The number of hydrogen-bond acceptors (Lipinski definition) is 1. The number of quaternary nitrogens is 1. The molecule has 0 spiro atoms. The first-order valence-corrected chi connectivity index (χ1v) is 4.44. The van der Waals surface area contributed by atoms with Crippen LogP contribution in [-0.4, -0.2) is 30.6 Å². The van der Waals surface area contributed by atoms with E-state index in [0.29, 0.717) is 5.91 Å². The molecule has 0 atom stereocenters. The van der Waals surface area contributed by atoms with E-state index in [0.717, 1.165) is 32.6 Å². The zero-order valence-corrected chi connectivity index (χ0v) is 8.31. The quantitative estimate of drug-likeness (QED) is 0.462. The van der Waals surface area contributed by atoms with Gasteiger partial charge in [0.05, 0.1) is 6.54 Å². The number of rotatable bonds is 4. The number of carbonyl (C=O) groups is 1. The maximum atomic E-state index is 11.1. The third-order valence-corrected chi connectivity index (χ3v) is 2.01. The molecule has 0 saturated carbocycles. The Hall–Kier alpha value is -0.280. The highest BCUT2D eigenvalue weighted by Crippen LogP contribution is 2.06. The van der Waals surface area contributed by atoms with Crippen LogP contribution in [0.2, 0.25) is 0 Å². The number of nitrogens with two attached hydrogens (primary N) is 1. The molecule has 1 aliphatic heterocycles. The Morgan fingerprint density at radius 2 is 2.33 bits per heavy atom. The summed E-state index contributed by atoms with van der Waals surface area (Å²) in [4.78, 5) is 13.0. The molecule has 3 nitrogen and oxygen atoms in total. The van der Waals surface area contributed by atoms with Gasteiger partial charge < -0.3 is 17.7 Å². The molecule has 1 aliphatic rings. The van der Waals surface area contributed by atoms with Gasteiger partial charge in [-0.3, -0.25) is 9.69 Å². The van der Waals surface area contributed by atoms with Gasteiger partial charge in [0, 0.05) is 13.0 Å². The highest BCUT2D eigenvalue weighted by Gasteiger charge is 2.20. The molecule has 1 heterocycles. The summed E-state index contributed by atoms with van der Waals surface area (Å²) in [6, 6.07) is 0.